The fourth-order valence-corrected chi connectivity index (χ4v) is 4.57. The molecule has 0 aromatic heterocycles. The normalized spacial score (nSPS) is 38.5. The molecule has 0 aromatic carbocycles. The summed E-state index contributed by atoms with van der Waals surface area (Å²) in [7, 11) is -4.11. The first-order valence-electron chi connectivity index (χ1n) is 5.91. The smallest absolute Gasteiger partial charge is 0.328 e. The van der Waals surface area contributed by atoms with Crippen molar-refractivity contribution in [1.82, 2.24) is 5.32 Å². The summed E-state index contributed by atoms with van der Waals surface area (Å²) in [5.41, 5.74) is -0.648. The van der Waals surface area contributed by atoms with Crippen molar-refractivity contribution in [1.29, 1.82) is 0 Å². The largest absolute Gasteiger partial charge is 0.480 e. The fraction of sp³-hybridized carbons (Fsp3) is 0.900. The molecule has 17 heavy (non-hydrogen) atoms. The Hall–Kier alpha value is -0.420. The molecule has 6 nitrogen and oxygen atoms in total. The van der Waals surface area contributed by atoms with Crippen LogP contribution in [0.5, 0.6) is 0 Å². The molecule has 1 saturated carbocycles. The summed E-state index contributed by atoms with van der Waals surface area (Å²) in [5.74, 6) is -0.887. The first-order chi connectivity index (χ1) is 7.89. The van der Waals surface area contributed by atoms with E-state index in [4.69, 9.17) is 5.11 Å². The Kier molecular flexibility index (Phi) is 3.59. The molecule has 4 N–H and O–H groups in total. The minimum absolute atomic E-state index is 0.160. The van der Waals surface area contributed by atoms with Crippen molar-refractivity contribution in [2.24, 2.45) is 11.8 Å². The van der Waals surface area contributed by atoms with E-state index < -0.39 is 25.3 Å². The maximum Gasteiger partial charge on any atom is 0.328 e. The van der Waals surface area contributed by atoms with E-state index in [2.05, 4.69) is 5.32 Å². The molecule has 7 heteroatoms. The van der Waals surface area contributed by atoms with Gasteiger partial charge in [0.25, 0.3) is 0 Å². The second-order valence-electron chi connectivity index (χ2n) is 5.05. The summed E-state index contributed by atoms with van der Waals surface area (Å²) in [6.45, 7) is 0.554. The molecule has 1 heterocycles. The number of carboxylic acid groups (broad SMARTS) is 1. The van der Waals surface area contributed by atoms with Gasteiger partial charge in [-0.15, -0.1) is 0 Å². The third-order valence-electron chi connectivity index (χ3n) is 4.04. The van der Waals surface area contributed by atoms with E-state index in [9.17, 15) is 19.1 Å². The Bertz CT molecular complexity index is 355. The Balaban J connectivity index is 2.15. The summed E-state index contributed by atoms with van der Waals surface area (Å²) < 4.78 is 11.4. The molecular weight excluding hydrogens is 245 g/mol. The SMILES string of the molecule is O=C(O)[C@H]1C[C@@H]2[C@@H](CCC[C@@H]2P(=O)(O)O)CN1. The molecule has 98 valence electrons. The fourth-order valence-electron chi connectivity index (χ4n) is 3.19. The quantitative estimate of drug-likeness (QED) is 0.537. The van der Waals surface area contributed by atoms with Crippen LogP contribution in [0.2, 0.25) is 0 Å². The summed E-state index contributed by atoms with van der Waals surface area (Å²) in [6.07, 6.45) is 2.59. The number of piperidine rings is 1. The van der Waals surface area contributed by atoms with Gasteiger partial charge in [0.05, 0.1) is 5.66 Å². The predicted molar refractivity (Wildman–Crippen MR) is 60.7 cm³/mol. The minimum atomic E-state index is -4.11. The molecule has 0 unspecified atom stereocenters. The second-order valence-corrected chi connectivity index (χ2v) is 6.89. The Morgan fingerprint density at radius 2 is 2.00 bits per heavy atom. The lowest BCUT2D eigenvalue weighted by molar-refractivity contribution is -0.141. The van der Waals surface area contributed by atoms with Gasteiger partial charge in [-0.2, -0.15) is 0 Å². The molecule has 2 aliphatic rings. The van der Waals surface area contributed by atoms with Crippen LogP contribution < -0.4 is 5.32 Å². The van der Waals surface area contributed by atoms with E-state index in [1.54, 1.807) is 0 Å². The molecule has 0 bridgehead atoms. The lowest BCUT2D eigenvalue weighted by atomic mass is 9.73. The van der Waals surface area contributed by atoms with Crippen molar-refractivity contribution in [2.75, 3.05) is 6.54 Å². The molecule has 1 aliphatic heterocycles. The number of hydrogen-bond donors (Lipinski definition) is 4. The van der Waals surface area contributed by atoms with E-state index in [1.165, 1.54) is 0 Å². The molecule has 1 saturated heterocycles. The first kappa shape index (κ1) is 13.0. The molecule has 2 rings (SSSR count). The van der Waals surface area contributed by atoms with Crippen LogP contribution in [0, 0.1) is 11.8 Å². The number of carbonyl (C=O) groups is 1. The third kappa shape index (κ3) is 2.71. The molecule has 2 fully saturated rings. The molecule has 4 atom stereocenters. The standard InChI is InChI=1S/C10H18NO5P/c12-10(13)8-4-7-6(5-11-8)2-1-3-9(7)17(14,15)16/h6-9,11H,1-5H2,(H,12,13)(H2,14,15,16)/t6-,7+,8+,9-/m0/s1. The van der Waals surface area contributed by atoms with Crippen molar-refractivity contribution in [2.45, 2.75) is 37.4 Å². The van der Waals surface area contributed by atoms with Crippen LogP contribution in [0.1, 0.15) is 25.7 Å². The van der Waals surface area contributed by atoms with Gasteiger partial charge in [0.2, 0.25) is 0 Å². The zero-order valence-electron chi connectivity index (χ0n) is 9.45. The Morgan fingerprint density at radius 3 is 2.59 bits per heavy atom. The van der Waals surface area contributed by atoms with E-state index in [1.807, 2.05) is 0 Å². The highest BCUT2D eigenvalue weighted by molar-refractivity contribution is 7.52. The zero-order chi connectivity index (χ0) is 12.6. The maximum atomic E-state index is 11.4. The molecule has 1 aliphatic carbocycles. The topological polar surface area (TPSA) is 107 Å². The van der Waals surface area contributed by atoms with Crippen molar-refractivity contribution < 1.29 is 24.3 Å². The number of carboxylic acids is 1. The lowest BCUT2D eigenvalue weighted by Gasteiger charge is -2.43. The number of nitrogens with one attached hydrogen (secondary N) is 1. The van der Waals surface area contributed by atoms with Crippen LogP contribution in [0.15, 0.2) is 0 Å². The highest BCUT2D eigenvalue weighted by Gasteiger charge is 2.46. The van der Waals surface area contributed by atoms with Crippen LogP contribution in [0.4, 0.5) is 0 Å². The lowest BCUT2D eigenvalue weighted by Crippen LogP contribution is -2.52. The summed E-state index contributed by atoms with van der Waals surface area (Å²) >= 11 is 0. The first-order valence-corrected chi connectivity index (χ1v) is 7.59. The Morgan fingerprint density at radius 1 is 1.29 bits per heavy atom. The van der Waals surface area contributed by atoms with Crippen LogP contribution in [-0.2, 0) is 9.36 Å². The van der Waals surface area contributed by atoms with Gasteiger partial charge in [-0.25, -0.2) is 0 Å². The van der Waals surface area contributed by atoms with Gasteiger partial charge >= 0.3 is 13.6 Å². The second kappa shape index (κ2) is 4.69. The highest BCUT2D eigenvalue weighted by Crippen LogP contribution is 2.53. The van der Waals surface area contributed by atoms with Crippen LogP contribution in [0.3, 0.4) is 0 Å². The van der Waals surface area contributed by atoms with Crippen molar-refractivity contribution in [3.63, 3.8) is 0 Å². The van der Waals surface area contributed by atoms with Crippen molar-refractivity contribution in [3.05, 3.63) is 0 Å². The minimum Gasteiger partial charge on any atom is -0.480 e. The van der Waals surface area contributed by atoms with E-state index >= 15 is 0 Å². The number of hydrogen-bond acceptors (Lipinski definition) is 3. The van der Waals surface area contributed by atoms with Gasteiger partial charge in [0, 0.05) is 0 Å². The van der Waals surface area contributed by atoms with Gasteiger partial charge in [-0.3, -0.25) is 9.36 Å². The van der Waals surface area contributed by atoms with E-state index in [-0.39, 0.29) is 11.8 Å². The van der Waals surface area contributed by atoms with Gasteiger partial charge in [-0.1, -0.05) is 6.42 Å². The van der Waals surface area contributed by atoms with Gasteiger partial charge in [-0.05, 0) is 37.6 Å². The van der Waals surface area contributed by atoms with Crippen molar-refractivity contribution >= 4 is 13.6 Å². The van der Waals surface area contributed by atoms with E-state index in [0.717, 1.165) is 12.8 Å². The average Bonchev–Trinajstić information content (AvgIpc) is 2.26. The molecule has 0 spiro atoms. The van der Waals surface area contributed by atoms with Crippen LogP contribution in [-0.4, -0.2) is 39.1 Å². The average molecular weight is 263 g/mol. The number of aliphatic carboxylic acids is 1. The summed E-state index contributed by atoms with van der Waals surface area (Å²) in [6, 6.07) is -0.664. The van der Waals surface area contributed by atoms with Gasteiger partial charge < -0.3 is 20.2 Å². The third-order valence-corrected chi connectivity index (χ3v) is 5.54. The van der Waals surface area contributed by atoms with Gasteiger partial charge in [0.15, 0.2) is 0 Å². The number of rotatable bonds is 2. The Labute approximate surface area is 99.6 Å². The van der Waals surface area contributed by atoms with Gasteiger partial charge in [0.1, 0.15) is 6.04 Å². The van der Waals surface area contributed by atoms with Crippen LogP contribution in [0.25, 0.3) is 0 Å². The molecule has 0 amide bonds. The number of fused-ring (bicyclic) bond motifs is 1. The molecular formula is C10H18NO5P. The summed E-state index contributed by atoms with van der Waals surface area (Å²) in [5, 5.41) is 11.9. The molecule has 0 aromatic rings. The maximum absolute atomic E-state index is 11.4. The van der Waals surface area contributed by atoms with Crippen molar-refractivity contribution in [3.8, 4) is 0 Å². The highest BCUT2D eigenvalue weighted by atomic mass is 31.2. The zero-order valence-corrected chi connectivity index (χ0v) is 10.3. The summed E-state index contributed by atoms with van der Waals surface area (Å²) in [4.78, 5) is 29.6. The van der Waals surface area contributed by atoms with Crippen LogP contribution >= 0.6 is 7.60 Å². The predicted octanol–water partition coefficient (Wildman–Crippen LogP) is 0.395. The monoisotopic (exact) mass is 263 g/mol. The van der Waals surface area contributed by atoms with E-state index in [0.29, 0.717) is 19.4 Å². The molecule has 0 radical (unpaired) electrons.